The van der Waals surface area contributed by atoms with E-state index in [9.17, 15) is 0 Å². The molecule has 0 spiro atoms. The number of nitrogens with one attached hydrogen (secondary N) is 1. The molecule has 1 heterocycles. The van der Waals surface area contributed by atoms with Gasteiger partial charge in [0, 0.05) is 6.54 Å². The average molecular weight is 193 g/mol. The maximum Gasteiger partial charge on any atom is 0.120 e. The quantitative estimate of drug-likeness (QED) is 0.787. The second-order valence-electron chi connectivity index (χ2n) is 3.41. The van der Waals surface area contributed by atoms with E-state index in [0.717, 1.165) is 31.0 Å². The lowest BCUT2D eigenvalue weighted by Gasteiger charge is -2.12. The first-order valence-corrected chi connectivity index (χ1v) is 4.90. The highest BCUT2D eigenvalue weighted by atomic mass is 16.5. The van der Waals surface area contributed by atoms with Gasteiger partial charge in [0.05, 0.1) is 7.11 Å². The van der Waals surface area contributed by atoms with E-state index in [2.05, 4.69) is 5.32 Å². The molecule has 76 valence electrons. The Bertz CT molecular complexity index is 278. The summed E-state index contributed by atoms with van der Waals surface area (Å²) in [5, 5.41) is 3.27. The Kier molecular flexibility index (Phi) is 2.89. The fourth-order valence-corrected chi connectivity index (χ4v) is 1.58. The van der Waals surface area contributed by atoms with Gasteiger partial charge in [0.1, 0.15) is 17.6 Å². The zero-order valence-corrected chi connectivity index (χ0v) is 8.32. The van der Waals surface area contributed by atoms with Gasteiger partial charge in [-0.2, -0.15) is 0 Å². The predicted molar refractivity (Wildman–Crippen MR) is 54.9 cm³/mol. The summed E-state index contributed by atoms with van der Waals surface area (Å²) in [4.78, 5) is 0. The van der Waals surface area contributed by atoms with E-state index in [-0.39, 0.29) is 0 Å². The summed E-state index contributed by atoms with van der Waals surface area (Å²) in [6.45, 7) is 2.01. The predicted octanol–water partition coefficient (Wildman–Crippen LogP) is 1.44. The Morgan fingerprint density at radius 3 is 2.50 bits per heavy atom. The van der Waals surface area contributed by atoms with Crippen molar-refractivity contribution in [2.24, 2.45) is 0 Å². The molecule has 0 aliphatic carbocycles. The Labute approximate surface area is 84.0 Å². The van der Waals surface area contributed by atoms with Crippen molar-refractivity contribution in [3.05, 3.63) is 24.3 Å². The molecule has 1 fully saturated rings. The van der Waals surface area contributed by atoms with E-state index >= 15 is 0 Å². The topological polar surface area (TPSA) is 30.5 Å². The Hall–Kier alpha value is -1.22. The second-order valence-corrected chi connectivity index (χ2v) is 3.41. The zero-order valence-electron chi connectivity index (χ0n) is 8.32. The third-order valence-electron chi connectivity index (χ3n) is 2.38. The Morgan fingerprint density at radius 2 is 1.93 bits per heavy atom. The molecule has 1 aliphatic heterocycles. The number of hydrogen-bond donors (Lipinski definition) is 1. The van der Waals surface area contributed by atoms with Crippen molar-refractivity contribution < 1.29 is 9.47 Å². The molecule has 14 heavy (non-hydrogen) atoms. The molecule has 3 nitrogen and oxygen atoms in total. The molecule has 2 rings (SSSR count). The summed E-state index contributed by atoms with van der Waals surface area (Å²) >= 11 is 0. The first-order valence-electron chi connectivity index (χ1n) is 4.90. The maximum atomic E-state index is 5.76. The van der Waals surface area contributed by atoms with Gasteiger partial charge in [-0.3, -0.25) is 0 Å². The summed E-state index contributed by atoms with van der Waals surface area (Å²) < 4.78 is 10.8. The number of hydrogen-bond acceptors (Lipinski definition) is 3. The molecule has 0 aromatic heterocycles. The van der Waals surface area contributed by atoms with E-state index < -0.39 is 0 Å². The van der Waals surface area contributed by atoms with Crippen LogP contribution in [0.3, 0.4) is 0 Å². The molecule has 0 saturated carbocycles. The first kappa shape index (κ1) is 9.34. The Balaban J connectivity index is 1.95. The number of benzene rings is 1. The van der Waals surface area contributed by atoms with Gasteiger partial charge in [0.2, 0.25) is 0 Å². The van der Waals surface area contributed by atoms with Crippen molar-refractivity contribution in [1.82, 2.24) is 5.32 Å². The van der Waals surface area contributed by atoms with E-state index in [1.165, 1.54) is 0 Å². The molecule has 1 aromatic carbocycles. The molecule has 1 aliphatic rings. The molecule has 0 bridgehead atoms. The molecule has 1 unspecified atom stereocenters. The lowest BCUT2D eigenvalue weighted by molar-refractivity contribution is 0.223. The van der Waals surface area contributed by atoms with Crippen molar-refractivity contribution in [2.45, 2.75) is 12.5 Å². The van der Waals surface area contributed by atoms with Crippen LogP contribution in [0.25, 0.3) is 0 Å². The van der Waals surface area contributed by atoms with Gasteiger partial charge >= 0.3 is 0 Å². The van der Waals surface area contributed by atoms with Crippen LogP contribution in [0.1, 0.15) is 6.42 Å². The number of rotatable bonds is 3. The molecule has 3 heteroatoms. The van der Waals surface area contributed by atoms with Crippen molar-refractivity contribution in [1.29, 1.82) is 0 Å². The van der Waals surface area contributed by atoms with Gasteiger partial charge < -0.3 is 14.8 Å². The normalized spacial score (nSPS) is 20.8. The van der Waals surface area contributed by atoms with Crippen molar-refractivity contribution in [2.75, 3.05) is 20.2 Å². The van der Waals surface area contributed by atoms with Gasteiger partial charge in [-0.25, -0.2) is 0 Å². The standard InChI is InChI=1S/C11H15NO2/c1-13-9-2-4-10(5-3-9)14-11-6-7-12-8-11/h2-5,11-12H,6-8H2,1H3. The van der Waals surface area contributed by atoms with Gasteiger partial charge in [0.25, 0.3) is 0 Å². The van der Waals surface area contributed by atoms with Crippen LogP contribution < -0.4 is 14.8 Å². The van der Waals surface area contributed by atoms with Crippen LogP contribution in [0.5, 0.6) is 11.5 Å². The molecular formula is C11H15NO2. The van der Waals surface area contributed by atoms with Crippen LogP contribution in [-0.2, 0) is 0 Å². The van der Waals surface area contributed by atoms with Crippen molar-refractivity contribution in [3.63, 3.8) is 0 Å². The average Bonchev–Trinajstić information content (AvgIpc) is 2.72. The smallest absolute Gasteiger partial charge is 0.120 e. The van der Waals surface area contributed by atoms with Crippen LogP contribution in [0.4, 0.5) is 0 Å². The van der Waals surface area contributed by atoms with Gasteiger partial charge in [-0.15, -0.1) is 0 Å². The van der Waals surface area contributed by atoms with Crippen LogP contribution in [0.15, 0.2) is 24.3 Å². The maximum absolute atomic E-state index is 5.76. The minimum absolute atomic E-state index is 0.323. The summed E-state index contributed by atoms with van der Waals surface area (Å²) in [7, 11) is 1.66. The SMILES string of the molecule is COc1ccc(OC2CCNC2)cc1. The molecule has 1 saturated heterocycles. The monoisotopic (exact) mass is 193 g/mol. The Morgan fingerprint density at radius 1 is 1.21 bits per heavy atom. The van der Waals surface area contributed by atoms with Crippen molar-refractivity contribution >= 4 is 0 Å². The van der Waals surface area contributed by atoms with Gasteiger partial charge in [-0.1, -0.05) is 0 Å². The number of methoxy groups -OCH3 is 1. The summed E-state index contributed by atoms with van der Waals surface area (Å²) in [5.41, 5.74) is 0. The van der Waals surface area contributed by atoms with E-state index in [1.54, 1.807) is 7.11 Å². The largest absolute Gasteiger partial charge is 0.497 e. The van der Waals surface area contributed by atoms with Crippen molar-refractivity contribution in [3.8, 4) is 11.5 Å². The van der Waals surface area contributed by atoms with Crippen LogP contribution in [0, 0.1) is 0 Å². The summed E-state index contributed by atoms with van der Waals surface area (Å²) in [6.07, 6.45) is 1.41. The minimum atomic E-state index is 0.323. The molecule has 0 radical (unpaired) electrons. The fourth-order valence-electron chi connectivity index (χ4n) is 1.58. The zero-order chi connectivity index (χ0) is 9.80. The second kappa shape index (κ2) is 4.33. The van der Waals surface area contributed by atoms with Gasteiger partial charge in [-0.05, 0) is 37.2 Å². The third-order valence-corrected chi connectivity index (χ3v) is 2.38. The molecule has 1 atom stereocenters. The fraction of sp³-hybridized carbons (Fsp3) is 0.455. The molecular weight excluding hydrogens is 178 g/mol. The van der Waals surface area contributed by atoms with Crippen LogP contribution in [0.2, 0.25) is 0 Å². The third kappa shape index (κ3) is 2.17. The summed E-state index contributed by atoms with van der Waals surface area (Å²) in [5.74, 6) is 1.78. The molecule has 1 aromatic rings. The lowest BCUT2D eigenvalue weighted by atomic mass is 10.3. The molecule has 0 amide bonds. The van der Waals surface area contributed by atoms with Gasteiger partial charge in [0.15, 0.2) is 0 Å². The van der Waals surface area contributed by atoms with E-state index in [0.29, 0.717) is 6.10 Å². The summed E-state index contributed by atoms with van der Waals surface area (Å²) in [6, 6.07) is 7.71. The van der Waals surface area contributed by atoms with E-state index in [4.69, 9.17) is 9.47 Å². The molecule has 1 N–H and O–H groups in total. The van der Waals surface area contributed by atoms with Crippen LogP contribution >= 0.6 is 0 Å². The highest BCUT2D eigenvalue weighted by Gasteiger charge is 2.15. The van der Waals surface area contributed by atoms with E-state index in [1.807, 2.05) is 24.3 Å². The highest BCUT2D eigenvalue weighted by molar-refractivity contribution is 5.31. The lowest BCUT2D eigenvalue weighted by Crippen LogP contribution is -2.19. The first-order chi connectivity index (χ1) is 6.88. The minimum Gasteiger partial charge on any atom is -0.497 e. The van der Waals surface area contributed by atoms with Crippen LogP contribution in [-0.4, -0.2) is 26.3 Å². The number of ether oxygens (including phenoxy) is 2. The highest BCUT2D eigenvalue weighted by Crippen LogP contribution is 2.19.